The van der Waals surface area contributed by atoms with Crippen LogP contribution in [0.2, 0.25) is 0 Å². The molecule has 0 aliphatic heterocycles. The minimum Gasteiger partial charge on any atom is -0.480 e. The molecule has 0 saturated heterocycles. The van der Waals surface area contributed by atoms with Gasteiger partial charge in [-0.1, -0.05) is 20.8 Å². The molecule has 0 radical (unpaired) electrons. The fourth-order valence-corrected chi connectivity index (χ4v) is 3.28. The lowest BCUT2D eigenvalue weighted by molar-refractivity contribution is 0.155. The monoisotopic (exact) mass is 277 g/mol. The van der Waals surface area contributed by atoms with Crippen LogP contribution in [-0.2, 0) is 0 Å². The van der Waals surface area contributed by atoms with E-state index in [1.54, 1.807) is 19.5 Å². The first-order chi connectivity index (χ1) is 9.57. The maximum absolute atomic E-state index is 5.43. The van der Waals surface area contributed by atoms with E-state index in [0.717, 1.165) is 25.2 Å². The molecule has 1 aliphatic carbocycles. The minimum absolute atomic E-state index is 0.371. The summed E-state index contributed by atoms with van der Waals surface area (Å²) in [4.78, 5) is 8.91. The summed E-state index contributed by atoms with van der Waals surface area (Å²) in [5.74, 6) is 1.74. The molecular weight excluding hydrogens is 250 g/mol. The maximum atomic E-state index is 5.43. The van der Waals surface area contributed by atoms with Crippen LogP contribution in [0.15, 0.2) is 12.4 Å². The van der Waals surface area contributed by atoms with E-state index in [-0.39, 0.29) is 0 Å². The number of aromatic nitrogens is 2. The third kappa shape index (κ3) is 3.48. The summed E-state index contributed by atoms with van der Waals surface area (Å²) >= 11 is 0. The van der Waals surface area contributed by atoms with Crippen LogP contribution >= 0.6 is 0 Å². The van der Waals surface area contributed by atoms with Crippen molar-refractivity contribution >= 4 is 0 Å². The molecule has 2 rings (SSSR count). The smallest absolute Gasteiger partial charge is 0.235 e. The summed E-state index contributed by atoms with van der Waals surface area (Å²) < 4.78 is 5.43. The van der Waals surface area contributed by atoms with E-state index in [0.29, 0.717) is 23.1 Å². The van der Waals surface area contributed by atoms with Crippen LogP contribution < -0.4 is 10.1 Å². The van der Waals surface area contributed by atoms with Gasteiger partial charge in [-0.2, -0.15) is 0 Å². The zero-order valence-electron chi connectivity index (χ0n) is 13.1. The molecule has 1 saturated carbocycles. The van der Waals surface area contributed by atoms with E-state index < -0.39 is 0 Å². The van der Waals surface area contributed by atoms with Crippen molar-refractivity contribution in [2.45, 2.75) is 46.0 Å². The molecule has 1 aromatic rings. The van der Waals surface area contributed by atoms with Crippen molar-refractivity contribution in [1.29, 1.82) is 0 Å². The van der Waals surface area contributed by atoms with Gasteiger partial charge in [-0.15, -0.1) is 0 Å². The van der Waals surface area contributed by atoms with Crippen molar-refractivity contribution in [3.8, 4) is 5.88 Å². The lowest BCUT2D eigenvalue weighted by atomic mass is 9.66. The average molecular weight is 277 g/mol. The zero-order chi connectivity index (χ0) is 14.6. The molecule has 20 heavy (non-hydrogen) atoms. The highest BCUT2D eigenvalue weighted by Crippen LogP contribution is 2.47. The van der Waals surface area contributed by atoms with Gasteiger partial charge in [-0.3, -0.25) is 4.98 Å². The van der Waals surface area contributed by atoms with Crippen LogP contribution in [0.3, 0.4) is 0 Å². The van der Waals surface area contributed by atoms with Gasteiger partial charge in [-0.25, -0.2) is 4.98 Å². The first kappa shape index (κ1) is 15.2. The molecule has 2 atom stereocenters. The van der Waals surface area contributed by atoms with Crippen molar-refractivity contribution in [2.75, 3.05) is 20.2 Å². The molecule has 0 aromatic carbocycles. The number of methoxy groups -OCH3 is 1. The molecule has 0 spiro atoms. The molecule has 1 aliphatic rings. The summed E-state index contributed by atoms with van der Waals surface area (Å²) in [6.07, 6.45) is 7.16. The molecule has 2 unspecified atom stereocenters. The largest absolute Gasteiger partial charge is 0.480 e. The molecule has 1 fully saturated rings. The van der Waals surface area contributed by atoms with Crippen molar-refractivity contribution in [3.63, 3.8) is 0 Å². The van der Waals surface area contributed by atoms with Crippen LogP contribution in [0, 0.1) is 11.3 Å². The van der Waals surface area contributed by atoms with Crippen molar-refractivity contribution < 1.29 is 4.74 Å². The van der Waals surface area contributed by atoms with Crippen molar-refractivity contribution in [1.82, 2.24) is 15.3 Å². The predicted octanol–water partition coefficient (Wildman–Crippen LogP) is 3.00. The number of hydrogen-bond donors (Lipinski definition) is 1. The Bertz CT molecular complexity index is 433. The van der Waals surface area contributed by atoms with E-state index in [9.17, 15) is 0 Å². The third-order valence-corrected chi connectivity index (χ3v) is 4.43. The molecular formula is C16H27N3O. The SMILES string of the molecule is CCNCC1CCC(C)(C)CC1c1nccnc1OC. The lowest BCUT2D eigenvalue weighted by Crippen LogP contribution is -2.35. The summed E-state index contributed by atoms with van der Waals surface area (Å²) in [6.45, 7) is 8.94. The van der Waals surface area contributed by atoms with E-state index >= 15 is 0 Å². The molecule has 0 bridgehead atoms. The van der Waals surface area contributed by atoms with Crippen molar-refractivity contribution in [3.05, 3.63) is 18.1 Å². The Morgan fingerprint density at radius 3 is 2.80 bits per heavy atom. The van der Waals surface area contributed by atoms with Gasteiger partial charge in [-0.05, 0) is 43.7 Å². The van der Waals surface area contributed by atoms with Gasteiger partial charge in [0.2, 0.25) is 5.88 Å². The van der Waals surface area contributed by atoms with Gasteiger partial charge in [0.1, 0.15) is 5.69 Å². The van der Waals surface area contributed by atoms with Crippen molar-refractivity contribution in [2.24, 2.45) is 11.3 Å². The Labute approximate surface area is 122 Å². The lowest BCUT2D eigenvalue weighted by Gasteiger charge is -2.40. The first-order valence-corrected chi connectivity index (χ1v) is 7.63. The van der Waals surface area contributed by atoms with Crippen LogP contribution in [0.25, 0.3) is 0 Å². The average Bonchev–Trinajstić information content (AvgIpc) is 2.45. The molecule has 4 nitrogen and oxygen atoms in total. The minimum atomic E-state index is 0.371. The van der Waals surface area contributed by atoms with Crippen LogP contribution in [0.1, 0.15) is 51.6 Å². The second-order valence-electron chi connectivity index (χ2n) is 6.53. The molecule has 1 aromatic heterocycles. The van der Waals surface area contributed by atoms with E-state index in [1.165, 1.54) is 12.8 Å². The van der Waals surface area contributed by atoms with Gasteiger partial charge in [0.15, 0.2) is 0 Å². The molecule has 112 valence electrons. The predicted molar refractivity (Wildman–Crippen MR) is 81.0 cm³/mol. The van der Waals surface area contributed by atoms with Crippen LogP contribution in [0.4, 0.5) is 0 Å². The van der Waals surface area contributed by atoms with E-state index in [2.05, 4.69) is 36.1 Å². The summed E-state index contributed by atoms with van der Waals surface area (Å²) in [7, 11) is 1.68. The third-order valence-electron chi connectivity index (χ3n) is 4.43. The van der Waals surface area contributed by atoms with Gasteiger partial charge in [0.25, 0.3) is 0 Å². The normalized spacial score (nSPS) is 25.4. The Balaban J connectivity index is 2.26. The molecule has 1 heterocycles. The topological polar surface area (TPSA) is 47.0 Å². The maximum Gasteiger partial charge on any atom is 0.235 e. The Morgan fingerprint density at radius 1 is 1.35 bits per heavy atom. The summed E-state index contributed by atoms with van der Waals surface area (Å²) in [5, 5.41) is 3.49. The number of nitrogens with zero attached hydrogens (tertiary/aromatic N) is 2. The highest BCUT2D eigenvalue weighted by molar-refractivity contribution is 5.24. The number of ether oxygens (including phenoxy) is 1. The number of nitrogens with one attached hydrogen (secondary N) is 1. The standard InChI is InChI=1S/C16H27N3O/c1-5-17-11-12-6-7-16(2,3)10-13(12)14-15(20-4)19-9-8-18-14/h8-9,12-13,17H,5-7,10-11H2,1-4H3. The number of hydrogen-bond acceptors (Lipinski definition) is 4. The summed E-state index contributed by atoms with van der Waals surface area (Å²) in [6, 6.07) is 0. The zero-order valence-corrected chi connectivity index (χ0v) is 13.1. The molecule has 4 heteroatoms. The number of rotatable bonds is 5. The van der Waals surface area contributed by atoms with E-state index in [4.69, 9.17) is 4.74 Å². The fraction of sp³-hybridized carbons (Fsp3) is 0.750. The quantitative estimate of drug-likeness (QED) is 0.898. The fourth-order valence-electron chi connectivity index (χ4n) is 3.28. The molecule has 0 amide bonds. The Morgan fingerprint density at radius 2 is 2.10 bits per heavy atom. The van der Waals surface area contributed by atoms with Crippen LogP contribution in [-0.4, -0.2) is 30.2 Å². The highest BCUT2D eigenvalue weighted by atomic mass is 16.5. The second-order valence-corrected chi connectivity index (χ2v) is 6.53. The second kappa shape index (κ2) is 6.53. The highest BCUT2D eigenvalue weighted by Gasteiger charge is 2.37. The van der Waals surface area contributed by atoms with Gasteiger partial charge < -0.3 is 10.1 Å². The Kier molecular flexibility index (Phi) is 4.97. The molecule has 1 N–H and O–H groups in total. The van der Waals surface area contributed by atoms with Gasteiger partial charge >= 0.3 is 0 Å². The first-order valence-electron chi connectivity index (χ1n) is 7.63. The summed E-state index contributed by atoms with van der Waals surface area (Å²) in [5.41, 5.74) is 1.40. The van der Waals surface area contributed by atoms with Gasteiger partial charge in [0, 0.05) is 18.3 Å². The Hall–Kier alpha value is -1.16. The van der Waals surface area contributed by atoms with Gasteiger partial charge in [0.05, 0.1) is 7.11 Å². The van der Waals surface area contributed by atoms with E-state index in [1.807, 2.05) is 0 Å². The van der Waals surface area contributed by atoms with Crippen LogP contribution in [0.5, 0.6) is 5.88 Å².